The summed E-state index contributed by atoms with van der Waals surface area (Å²) in [4.78, 5) is 12.8. The zero-order valence-corrected chi connectivity index (χ0v) is 12.9. The Kier molecular flexibility index (Phi) is 3.56. The van der Waals surface area contributed by atoms with Crippen molar-refractivity contribution in [1.82, 2.24) is 9.78 Å². The maximum absolute atomic E-state index is 14.1. The molecule has 0 unspecified atom stereocenters. The van der Waals surface area contributed by atoms with E-state index in [9.17, 15) is 13.6 Å². The van der Waals surface area contributed by atoms with Crippen LogP contribution in [0, 0.1) is 11.6 Å². The van der Waals surface area contributed by atoms with Crippen LogP contribution in [0.15, 0.2) is 53.3 Å². The van der Waals surface area contributed by atoms with Gasteiger partial charge in [-0.1, -0.05) is 30.3 Å². The number of rotatable bonds is 4. The zero-order valence-electron chi connectivity index (χ0n) is 12.9. The highest BCUT2D eigenvalue weighted by Crippen LogP contribution is 2.40. The third kappa shape index (κ3) is 2.66. The van der Waals surface area contributed by atoms with Crippen LogP contribution in [-0.4, -0.2) is 9.78 Å². The summed E-state index contributed by atoms with van der Waals surface area (Å²) in [6.45, 7) is 0. The molecule has 0 amide bonds. The molecule has 3 nitrogen and oxygen atoms in total. The molecule has 1 N–H and O–H groups in total. The first-order valence-corrected chi connectivity index (χ1v) is 7.96. The largest absolute Gasteiger partial charge is 0.294 e. The van der Waals surface area contributed by atoms with Crippen molar-refractivity contribution in [1.29, 1.82) is 0 Å². The zero-order chi connectivity index (χ0) is 16.7. The van der Waals surface area contributed by atoms with Gasteiger partial charge < -0.3 is 0 Å². The van der Waals surface area contributed by atoms with Gasteiger partial charge in [0.1, 0.15) is 11.5 Å². The van der Waals surface area contributed by atoms with Crippen molar-refractivity contribution in [3.63, 3.8) is 0 Å². The lowest BCUT2D eigenvalue weighted by Gasteiger charge is -2.03. The Balaban J connectivity index is 1.82. The van der Waals surface area contributed by atoms with Gasteiger partial charge in [-0.2, -0.15) is 0 Å². The number of aromatic nitrogens is 2. The second-order valence-electron chi connectivity index (χ2n) is 6.18. The molecule has 5 heteroatoms. The number of H-pyrrole nitrogens is 1. The molecule has 4 rings (SSSR count). The molecule has 3 aromatic rings. The van der Waals surface area contributed by atoms with E-state index in [1.54, 1.807) is 0 Å². The fourth-order valence-corrected chi connectivity index (χ4v) is 3.00. The number of halogens is 2. The average Bonchev–Trinajstić information content (AvgIpc) is 3.36. The predicted octanol–water partition coefficient (Wildman–Crippen LogP) is 3.91. The highest BCUT2D eigenvalue weighted by atomic mass is 19.1. The number of hydrogen-bond acceptors (Lipinski definition) is 1. The maximum atomic E-state index is 14.1. The fourth-order valence-electron chi connectivity index (χ4n) is 3.00. The molecule has 24 heavy (non-hydrogen) atoms. The maximum Gasteiger partial charge on any atom is 0.275 e. The summed E-state index contributed by atoms with van der Waals surface area (Å²) in [5, 5.41) is 3.05. The van der Waals surface area contributed by atoms with E-state index >= 15 is 0 Å². The minimum Gasteiger partial charge on any atom is -0.294 e. The fraction of sp³-hybridized carbons (Fsp3) is 0.211. The summed E-state index contributed by atoms with van der Waals surface area (Å²) >= 11 is 0. The minimum atomic E-state index is -0.757. The molecular weight excluding hydrogens is 310 g/mol. The molecule has 1 aromatic heterocycles. The summed E-state index contributed by atoms with van der Waals surface area (Å²) in [5.74, 6) is -1.10. The van der Waals surface area contributed by atoms with Gasteiger partial charge in [-0.3, -0.25) is 9.89 Å². The Morgan fingerprint density at radius 1 is 1.08 bits per heavy atom. The second kappa shape index (κ2) is 5.74. The van der Waals surface area contributed by atoms with Crippen LogP contribution in [0.5, 0.6) is 0 Å². The quantitative estimate of drug-likeness (QED) is 0.775. The Labute approximate surface area is 137 Å². The molecule has 0 atom stereocenters. The van der Waals surface area contributed by atoms with Crippen LogP contribution in [-0.2, 0) is 6.42 Å². The van der Waals surface area contributed by atoms with Crippen molar-refractivity contribution >= 4 is 0 Å². The van der Waals surface area contributed by atoms with Crippen LogP contribution in [0.25, 0.3) is 5.69 Å². The number of hydrogen-bond donors (Lipinski definition) is 1. The first-order valence-electron chi connectivity index (χ1n) is 7.96. The van der Waals surface area contributed by atoms with E-state index in [0.717, 1.165) is 36.2 Å². The molecular formula is C19H16F2N2O. The molecule has 0 aliphatic heterocycles. The predicted molar refractivity (Wildman–Crippen MR) is 87.5 cm³/mol. The standard InChI is InChI=1S/C19H16F2N2O/c20-14-8-9-17(16(21)11-14)23-19(24)15(18(22-23)13-6-7-13)10-12-4-2-1-3-5-12/h1-5,8-9,11,13,22H,6-7,10H2. The van der Waals surface area contributed by atoms with Gasteiger partial charge in [0, 0.05) is 29.7 Å². The molecule has 1 fully saturated rings. The van der Waals surface area contributed by atoms with Crippen molar-refractivity contribution < 1.29 is 8.78 Å². The molecule has 0 spiro atoms. The number of aromatic amines is 1. The van der Waals surface area contributed by atoms with Gasteiger partial charge in [0.2, 0.25) is 0 Å². The molecule has 1 aliphatic rings. The van der Waals surface area contributed by atoms with Gasteiger partial charge in [0.15, 0.2) is 5.82 Å². The van der Waals surface area contributed by atoms with Crippen LogP contribution >= 0.6 is 0 Å². The lowest BCUT2D eigenvalue weighted by molar-refractivity contribution is 0.571. The van der Waals surface area contributed by atoms with Crippen LogP contribution in [0.1, 0.15) is 35.6 Å². The third-order valence-corrected chi connectivity index (χ3v) is 4.38. The average molecular weight is 326 g/mol. The van der Waals surface area contributed by atoms with E-state index in [2.05, 4.69) is 5.10 Å². The highest BCUT2D eigenvalue weighted by molar-refractivity contribution is 5.38. The van der Waals surface area contributed by atoms with E-state index < -0.39 is 11.6 Å². The van der Waals surface area contributed by atoms with Crippen LogP contribution in [0.2, 0.25) is 0 Å². The van der Waals surface area contributed by atoms with Crippen molar-refractivity contribution in [3.8, 4) is 5.69 Å². The molecule has 0 saturated heterocycles. The lowest BCUT2D eigenvalue weighted by atomic mass is 10.0. The summed E-state index contributed by atoms with van der Waals surface area (Å²) in [6.07, 6.45) is 2.54. The van der Waals surface area contributed by atoms with Gasteiger partial charge in [0.25, 0.3) is 5.56 Å². The molecule has 0 radical (unpaired) electrons. The van der Waals surface area contributed by atoms with Gasteiger partial charge in [-0.25, -0.2) is 13.5 Å². The normalized spacial score (nSPS) is 14.1. The number of nitrogens with zero attached hydrogens (tertiary/aromatic N) is 1. The first kappa shape index (κ1) is 14.9. The van der Waals surface area contributed by atoms with Crippen molar-refractivity contribution in [2.45, 2.75) is 25.2 Å². The number of nitrogens with one attached hydrogen (secondary N) is 1. The second-order valence-corrected chi connectivity index (χ2v) is 6.18. The minimum absolute atomic E-state index is 0.0441. The smallest absolute Gasteiger partial charge is 0.275 e. The first-order chi connectivity index (χ1) is 11.6. The Hall–Kier alpha value is -2.69. The van der Waals surface area contributed by atoms with Crippen molar-refractivity contribution in [2.75, 3.05) is 0 Å². The van der Waals surface area contributed by atoms with E-state index in [0.29, 0.717) is 17.9 Å². The van der Waals surface area contributed by atoms with Gasteiger partial charge >= 0.3 is 0 Å². The highest BCUT2D eigenvalue weighted by Gasteiger charge is 2.30. The van der Waals surface area contributed by atoms with Crippen molar-refractivity contribution in [2.24, 2.45) is 0 Å². The summed E-state index contributed by atoms with van der Waals surface area (Å²) in [5.41, 5.74) is 2.33. The lowest BCUT2D eigenvalue weighted by Crippen LogP contribution is -2.18. The summed E-state index contributed by atoms with van der Waals surface area (Å²) in [7, 11) is 0. The molecule has 0 bridgehead atoms. The van der Waals surface area contributed by atoms with Crippen LogP contribution < -0.4 is 5.56 Å². The van der Waals surface area contributed by atoms with Crippen LogP contribution in [0.4, 0.5) is 8.78 Å². The molecule has 1 saturated carbocycles. The van der Waals surface area contributed by atoms with Gasteiger partial charge in [-0.05, 0) is 30.5 Å². The SMILES string of the molecule is O=c1c(Cc2ccccc2)c(C2CC2)[nH]n1-c1ccc(F)cc1F. The molecule has 122 valence electrons. The Morgan fingerprint density at radius 3 is 2.50 bits per heavy atom. The van der Waals surface area contributed by atoms with E-state index in [-0.39, 0.29) is 11.2 Å². The summed E-state index contributed by atoms with van der Waals surface area (Å²) in [6, 6.07) is 12.9. The third-order valence-electron chi connectivity index (χ3n) is 4.38. The van der Waals surface area contributed by atoms with Crippen molar-refractivity contribution in [3.05, 3.63) is 87.3 Å². The monoisotopic (exact) mass is 326 g/mol. The van der Waals surface area contributed by atoms with Gasteiger partial charge in [-0.15, -0.1) is 0 Å². The molecule has 1 heterocycles. The molecule has 1 aliphatic carbocycles. The topological polar surface area (TPSA) is 37.8 Å². The summed E-state index contributed by atoms with van der Waals surface area (Å²) < 4.78 is 28.4. The Morgan fingerprint density at radius 2 is 1.83 bits per heavy atom. The van der Waals surface area contributed by atoms with E-state index in [4.69, 9.17) is 0 Å². The van der Waals surface area contributed by atoms with Gasteiger partial charge in [0.05, 0.1) is 0 Å². The van der Waals surface area contributed by atoms with E-state index in [1.807, 2.05) is 30.3 Å². The van der Waals surface area contributed by atoms with E-state index in [1.165, 1.54) is 10.7 Å². The molecule has 2 aromatic carbocycles. The van der Waals surface area contributed by atoms with Crippen LogP contribution in [0.3, 0.4) is 0 Å². The Bertz CT molecular complexity index is 940. The number of benzene rings is 2.